The lowest BCUT2D eigenvalue weighted by Gasteiger charge is -2.10. The molecule has 0 aromatic carbocycles. The van der Waals surface area contributed by atoms with Crippen molar-refractivity contribution in [3.63, 3.8) is 0 Å². The van der Waals surface area contributed by atoms with E-state index in [9.17, 15) is 8.78 Å². The van der Waals surface area contributed by atoms with Gasteiger partial charge in [0.05, 0.1) is 0 Å². The van der Waals surface area contributed by atoms with Crippen LogP contribution in [0.25, 0.3) is 0 Å². The fraction of sp³-hybridized carbons (Fsp3) is 0.615. The zero-order valence-corrected chi connectivity index (χ0v) is 10.6. The molecule has 0 fully saturated rings. The number of nitrogens with zero attached hydrogens (tertiary/aromatic N) is 1. The van der Waals surface area contributed by atoms with Crippen molar-refractivity contribution in [2.75, 3.05) is 0 Å². The fourth-order valence-corrected chi connectivity index (χ4v) is 1.08. The lowest BCUT2D eigenvalue weighted by molar-refractivity contribution is -0.0119. The van der Waals surface area contributed by atoms with Crippen LogP contribution in [0.5, 0.6) is 0 Å². The van der Waals surface area contributed by atoms with Gasteiger partial charge in [-0.3, -0.25) is 4.98 Å². The number of halogens is 2. The molecule has 0 amide bonds. The Hall–Kier alpha value is -0.990. The SMILES string of the molecule is CCCC(F)(F)CC.Cc1ccc(C)nc1. The third kappa shape index (κ3) is 7.32. The molecular weight excluding hydrogens is 208 g/mol. The summed E-state index contributed by atoms with van der Waals surface area (Å²) in [6, 6.07) is 4.07. The molecule has 92 valence electrons. The molecule has 1 aromatic rings. The van der Waals surface area contributed by atoms with E-state index in [2.05, 4.69) is 11.1 Å². The minimum Gasteiger partial charge on any atom is -0.261 e. The van der Waals surface area contributed by atoms with Crippen LogP contribution in [0.3, 0.4) is 0 Å². The van der Waals surface area contributed by atoms with Crippen molar-refractivity contribution in [1.29, 1.82) is 0 Å². The predicted molar refractivity (Wildman–Crippen MR) is 63.9 cm³/mol. The smallest absolute Gasteiger partial charge is 0.247 e. The Kier molecular flexibility index (Phi) is 6.86. The molecule has 0 aliphatic carbocycles. The van der Waals surface area contributed by atoms with Crippen LogP contribution in [0.4, 0.5) is 8.78 Å². The van der Waals surface area contributed by atoms with E-state index in [1.807, 2.05) is 26.1 Å². The summed E-state index contributed by atoms with van der Waals surface area (Å²) >= 11 is 0. The fourth-order valence-electron chi connectivity index (χ4n) is 1.08. The predicted octanol–water partition coefficient (Wildman–Crippen LogP) is 4.53. The van der Waals surface area contributed by atoms with Crippen LogP contribution in [0, 0.1) is 13.8 Å². The molecule has 0 saturated heterocycles. The molecule has 0 spiro atoms. The second-order valence-corrected chi connectivity index (χ2v) is 3.94. The summed E-state index contributed by atoms with van der Waals surface area (Å²) in [5, 5.41) is 0. The van der Waals surface area contributed by atoms with Crippen molar-refractivity contribution >= 4 is 0 Å². The van der Waals surface area contributed by atoms with Gasteiger partial charge in [-0.15, -0.1) is 0 Å². The Labute approximate surface area is 96.9 Å². The Balaban J connectivity index is 0.000000281. The monoisotopic (exact) mass is 229 g/mol. The number of aryl methyl sites for hydroxylation is 2. The minimum atomic E-state index is -2.41. The molecule has 1 nitrogen and oxygen atoms in total. The van der Waals surface area contributed by atoms with E-state index in [1.165, 1.54) is 12.5 Å². The van der Waals surface area contributed by atoms with Gasteiger partial charge in [-0.1, -0.05) is 26.3 Å². The van der Waals surface area contributed by atoms with E-state index in [-0.39, 0.29) is 12.8 Å². The van der Waals surface area contributed by atoms with Crippen LogP contribution in [0.2, 0.25) is 0 Å². The largest absolute Gasteiger partial charge is 0.261 e. The average Bonchev–Trinajstić information content (AvgIpc) is 2.23. The number of rotatable bonds is 3. The van der Waals surface area contributed by atoms with Gasteiger partial charge >= 0.3 is 0 Å². The average molecular weight is 229 g/mol. The van der Waals surface area contributed by atoms with Crippen LogP contribution in [-0.4, -0.2) is 10.9 Å². The van der Waals surface area contributed by atoms with Crippen molar-refractivity contribution in [2.24, 2.45) is 0 Å². The molecule has 3 heteroatoms. The van der Waals surface area contributed by atoms with Crippen molar-refractivity contribution in [1.82, 2.24) is 4.98 Å². The normalized spacial score (nSPS) is 10.6. The van der Waals surface area contributed by atoms with E-state index >= 15 is 0 Å². The highest BCUT2D eigenvalue weighted by Gasteiger charge is 2.23. The van der Waals surface area contributed by atoms with Gasteiger partial charge in [-0.25, -0.2) is 8.78 Å². The van der Waals surface area contributed by atoms with Crippen LogP contribution in [-0.2, 0) is 0 Å². The number of pyridine rings is 1. The number of hydrogen-bond acceptors (Lipinski definition) is 1. The van der Waals surface area contributed by atoms with Crippen LogP contribution in [0.15, 0.2) is 18.3 Å². The summed E-state index contributed by atoms with van der Waals surface area (Å²) in [4.78, 5) is 4.08. The lowest BCUT2D eigenvalue weighted by atomic mass is 10.1. The lowest BCUT2D eigenvalue weighted by Crippen LogP contribution is -2.12. The first kappa shape index (κ1) is 15.0. The first-order chi connectivity index (χ1) is 7.41. The molecule has 0 aliphatic rings. The van der Waals surface area contributed by atoms with E-state index < -0.39 is 5.92 Å². The minimum absolute atomic E-state index is 0.0269. The van der Waals surface area contributed by atoms with Gasteiger partial charge in [0.25, 0.3) is 0 Å². The van der Waals surface area contributed by atoms with E-state index in [4.69, 9.17) is 0 Å². The molecule has 16 heavy (non-hydrogen) atoms. The highest BCUT2D eigenvalue weighted by molar-refractivity contribution is 5.10. The molecule has 0 unspecified atom stereocenters. The first-order valence-electron chi connectivity index (χ1n) is 5.68. The van der Waals surface area contributed by atoms with Gasteiger partial charge in [-0.05, 0) is 25.5 Å². The quantitative estimate of drug-likeness (QED) is 0.742. The van der Waals surface area contributed by atoms with Crippen LogP contribution < -0.4 is 0 Å². The Morgan fingerprint density at radius 1 is 1.19 bits per heavy atom. The molecular formula is C13H21F2N. The topological polar surface area (TPSA) is 12.9 Å². The molecule has 0 bridgehead atoms. The highest BCUT2D eigenvalue weighted by Crippen LogP contribution is 2.23. The molecule has 0 saturated carbocycles. The second kappa shape index (κ2) is 7.31. The van der Waals surface area contributed by atoms with Crippen LogP contribution >= 0.6 is 0 Å². The van der Waals surface area contributed by atoms with Crippen molar-refractivity contribution in [3.05, 3.63) is 29.6 Å². The number of aromatic nitrogens is 1. The Morgan fingerprint density at radius 3 is 2.06 bits per heavy atom. The molecule has 0 aliphatic heterocycles. The maximum atomic E-state index is 12.2. The van der Waals surface area contributed by atoms with Gasteiger partial charge in [0.2, 0.25) is 5.92 Å². The van der Waals surface area contributed by atoms with Crippen molar-refractivity contribution < 1.29 is 8.78 Å². The molecule has 0 atom stereocenters. The van der Waals surface area contributed by atoms with Crippen molar-refractivity contribution in [3.8, 4) is 0 Å². The number of alkyl halides is 2. The molecule has 0 radical (unpaired) electrons. The third-order valence-electron chi connectivity index (χ3n) is 2.19. The van der Waals surface area contributed by atoms with E-state index in [0.29, 0.717) is 6.42 Å². The highest BCUT2D eigenvalue weighted by atomic mass is 19.3. The summed E-state index contributed by atoms with van der Waals surface area (Å²) in [5.74, 6) is -2.41. The van der Waals surface area contributed by atoms with Gasteiger partial charge < -0.3 is 0 Å². The summed E-state index contributed by atoms with van der Waals surface area (Å²) in [6.07, 6.45) is 2.44. The molecule has 1 aromatic heterocycles. The Morgan fingerprint density at radius 2 is 1.81 bits per heavy atom. The van der Waals surface area contributed by atoms with Crippen LogP contribution in [0.1, 0.15) is 44.4 Å². The summed E-state index contributed by atoms with van der Waals surface area (Å²) in [5.41, 5.74) is 2.30. The maximum absolute atomic E-state index is 12.2. The van der Waals surface area contributed by atoms with Crippen molar-refractivity contribution in [2.45, 2.75) is 52.9 Å². The summed E-state index contributed by atoms with van der Waals surface area (Å²) < 4.78 is 24.3. The number of hydrogen-bond donors (Lipinski definition) is 0. The van der Waals surface area contributed by atoms with Gasteiger partial charge in [0.1, 0.15) is 0 Å². The van der Waals surface area contributed by atoms with E-state index in [1.54, 1.807) is 6.92 Å². The zero-order valence-electron chi connectivity index (χ0n) is 10.6. The molecule has 1 heterocycles. The standard InChI is InChI=1S/C7H9N.C6H12F2/c1-6-3-4-7(2)8-5-6;1-3-5-6(7,8)4-2/h3-5H,1-2H3;3-5H2,1-2H3. The van der Waals surface area contributed by atoms with Gasteiger partial charge in [0, 0.05) is 24.7 Å². The maximum Gasteiger partial charge on any atom is 0.247 e. The Bertz CT molecular complexity index is 259. The zero-order chi connectivity index (χ0) is 12.6. The van der Waals surface area contributed by atoms with Gasteiger partial charge in [0.15, 0.2) is 0 Å². The summed E-state index contributed by atoms with van der Waals surface area (Å²) in [7, 11) is 0. The second-order valence-electron chi connectivity index (χ2n) is 3.94. The first-order valence-corrected chi connectivity index (χ1v) is 5.68. The van der Waals surface area contributed by atoms with E-state index in [0.717, 1.165) is 5.69 Å². The molecule has 0 N–H and O–H groups in total. The summed E-state index contributed by atoms with van der Waals surface area (Å²) in [6.45, 7) is 7.30. The van der Waals surface area contributed by atoms with Gasteiger partial charge in [-0.2, -0.15) is 0 Å². The molecule has 1 rings (SSSR count). The third-order valence-corrected chi connectivity index (χ3v) is 2.19.